The third-order valence-electron chi connectivity index (χ3n) is 1.88. The first-order valence-corrected chi connectivity index (χ1v) is 5.47. The molecule has 0 aromatic heterocycles. The predicted molar refractivity (Wildman–Crippen MR) is 70.5 cm³/mol. The van der Waals surface area contributed by atoms with E-state index in [9.17, 15) is 9.59 Å². The van der Waals surface area contributed by atoms with Crippen molar-refractivity contribution in [1.82, 2.24) is 5.32 Å². The number of urea groups is 1. The minimum Gasteiger partial charge on any atom is -0.468 e. The van der Waals surface area contributed by atoms with Crippen molar-refractivity contribution in [2.24, 2.45) is 4.99 Å². The zero-order valence-electron chi connectivity index (χ0n) is 10.3. The van der Waals surface area contributed by atoms with Crippen molar-refractivity contribution in [2.45, 2.75) is 0 Å². The molecule has 1 aromatic rings. The second kappa shape index (κ2) is 7.22. The number of carbonyl (C=O) groups is 2. The predicted octanol–water partition coefficient (Wildman–Crippen LogP) is 2.23. The Bertz CT molecular complexity index is 487. The molecular weight excluding hydrogens is 274 g/mol. The molecule has 3 amide bonds. The average Bonchev–Trinajstić information content (AvgIpc) is 2.40. The molecule has 19 heavy (non-hydrogen) atoms. The van der Waals surface area contributed by atoms with E-state index in [1.807, 2.05) is 0 Å². The highest BCUT2D eigenvalue weighted by Gasteiger charge is 2.08. The van der Waals surface area contributed by atoms with Crippen LogP contribution in [0.15, 0.2) is 29.3 Å². The summed E-state index contributed by atoms with van der Waals surface area (Å²) in [6.45, 7) is 0. The molecule has 0 aliphatic heterocycles. The number of aliphatic imine (C=N–C) groups is 1. The Hall–Kier alpha value is -2.28. The van der Waals surface area contributed by atoms with E-state index < -0.39 is 12.1 Å². The van der Waals surface area contributed by atoms with E-state index in [4.69, 9.17) is 16.3 Å². The molecule has 8 heteroatoms. The van der Waals surface area contributed by atoms with Gasteiger partial charge < -0.3 is 14.8 Å². The van der Waals surface area contributed by atoms with Gasteiger partial charge in [0.15, 0.2) is 0 Å². The molecule has 0 unspecified atom stereocenters. The highest BCUT2D eigenvalue weighted by molar-refractivity contribution is 6.30. The van der Waals surface area contributed by atoms with Gasteiger partial charge in [-0.2, -0.15) is 0 Å². The van der Waals surface area contributed by atoms with E-state index in [0.717, 1.165) is 7.11 Å². The second-order valence-corrected chi connectivity index (χ2v) is 3.61. The largest absolute Gasteiger partial charge is 0.468 e. The fourth-order valence-electron chi connectivity index (χ4n) is 1.05. The van der Waals surface area contributed by atoms with E-state index in [2.05, 4.69) is 20.4 Å². The number of hydrogen-bond acceptors (Lipinski definition) is 4. The number of amides is 3. The monoisotopic (exact) mass is 285 g/mol. The fraction of sp³-hybridized carbons (Fsp3) is 0.182. The van der Waals surface area contributed by atoms with Crippen molar-refractivity contribution < 1.29 is 19.1 Å². The van der Waals surface area contributed by atoms with Gasteiger partial charge in [0.2, 0.25) is 0 Å². The van der Waals surface area contributed by atoms with Gasteiger partial charge in [-0.3, -0.25) is 5.32 Å². The van der Waals surface area contributed by atoms with E-state index in [1.165, 1.54) is 7.11 Å². The molecule has 0 spiro atoms. The SMILES string of the molecule is COC(=O)N=C(NC(=O)Nc1ccc(Cl)cc1)OC. The number of nitrogens with one attached hydrogen (secondary N) is 2. The van der Waals surface area contributed by atoms with Crippen molar-refractivity contribution in [2.75, 3.05) is 19.5 Å². The molecule has 0 saturated heterocycles. The van der Waals surface area contributed by atoms with Gasteiger partial charge in [-0.05, 0) is 24.3 Å². The molecule has 1 rings (SSSR count). The number of hydrogen-bond donors (Lipinski definition) is 2. The summed E-state index contributed by atoms with van der Waals surface area (Å²) in [5.74, 6) is 0. The molecule has 0 heterocycles. The first kappa shape index (κ1) is 14.8. The Morgan fingerprint density at radius 1 is 1.16 bits per heavy atom. The lowest BCUT2D eigenvalue weighted by Gasteiger charge is -2.08. The minimum absolute atomic E-state index is 0.279. The van der Waals surface area contributed by atoms with Crippen LogP contribution in [0.25, 0.3) is 0 Å². The lowest BCUT2D eigenvalue weighted by atomic mass is 10.3. The number of benzene rings is 1. The molecular formula is C11H12ClN3O4. The summed E-state index contributed by atoms with van der Waals surface area (Å²) in [6.07, 6.45) is -0.886. The molecule has 102 valence electrons. The Labute approximate surface area is 114 Å². The van der Waals surface area contributed by atoms with Crippen LogP contribution in [0.3, 0.4) is 0 Å². The first-order chi connectivity index (χ1) is 9.05. The van der Waals surface area contributed by atoms with Crippen LogP contribution in [-0.4, -0.2) is 32.4 Å². The second-order valence-electron chi connectivity index (χ2n) is 3.18. The summed E-state index contributed by atoms with van der Waals surface area (Å²) in [4.78, 5) is 25.8. The van der Waals surface area contributed by atoms with Gasteiger partial charge in [-0.25, -0.2) is 9.59 Å². The zero-order chi connectivity index (χ0) is 14.3. The highest BCUT2D eigenvalue weighted by atomic mass is 35.5. The third-order valence-corrected chi connectivity index (χ3v) is 2.14. The fourth-order valence-corrected chi connectivity index (χ4v) is 1.17. The van der Waals surface area contributed by atoms with Crippen molar-refractivity contribution in [1.29, 1.82) is 0 Å². The van der Waals surface area contributed by atoms with Crippen LogP contribution in [0.1, 0.15) is 0 Å². The van der Waals surface area contributed by atoms with Crippen molar-refractivity contribution in [3.63, 3.8) is 0 Å². The Balaban J connectivity index is 2.61. The quantitative estimate of drug-likeness (QED) is 0.611. The van der Waals surface area contributed by atoms with Crippen LogP contribution in [-0.2, 0) is 9.47 Å². The van der Waals surface area contributed by atoms with E-state index in [0.29, 0.717) is 10.7 Å². The average molecular weight is 286 g/mol. The Morgan fingerprint density at radius 2 is 1.79 bits per heavy atom. The van der Waals surface area contributed by atoms with Gasteiger partial charge in [0, 0.05) is 10.7 Å². The van der Waals surface area contributed by atoms with Crippen LogP contribution in [0.4, 0.5) is 15.3 Å². The number of methoxy groups -OCH3 is 2. The normalized spacial score (nSPS) is 10.6. The number of amidine groups is 1. The maximum Gasteiger partial charge on any atom is 0.437 e. The Kier molecular flexibility index (Phi) is 5.62. The number of ether oxygens (including phenoxy) is 2. The molecule has 1 aromatic carbocycles. The van der Waals surface area contributed by atoms with E-state index >= 15 is 0 Å². The molecule has 0 aliphatic rings. The van der Waals surface area contributed by atoms with Crippen LogP contribution in [0.2, 0.25) is 5.02 Å². The van der Waals surface area contributed by atoms with Crippen LogP contribution in [0.5, 0.6) is 0 Å². The van der Waals surface area contributed by atoms with Crippen LogP contribution >= 0.6 is 11.6 Å². The van der Waals surface area contributed by atoms with Gasteiger partial charge >= 0.3 is 18.1 Å². The standard InChI is InChI=1S/C11H12ClN3O4/c1-18-10(15-11(17)19-2)14-9(16)13-8-5-3-7(12)4-6-8/h3-6H,1-2H3,(H2,13,14,15,16,17). The van der Waals surface area contributed by atoms with Gasteiger partial charge in [0.05, 0.1) is 14.2 Å². The Morgan fingerprint density at radius 3 is 2.32 bits per heavy atom. The smallest absolute Gasteiger partial charge is 0.437 e. The number of rotatable bonds is 1. The van der Waals surface area contributed by atoms with Crippen LogP contribution in [0, 0.1) is 0 Å². The highest BCUT2D eigenvalue weighted by Crippen LogP contribution is 2.12. The minimum atomic E-state index is -0.886. The molecule has 0 saturated carbocycles. The molecule has 2 N–H and O–H groups in total. The summed E-state index contributed by atoms with van der Waals surface area (Å²) in [5.41, 5.74) is 0.524. The molecule has 0 atom stereocenters. The maximum absolute atomic E-state index is 11.6. The third kappa shape index (κ3) is 5.26. The number of carbonyl (C=O) groups excluding carboxylic acids is 2. The topological polar surface area (TPSA) is 89.0 Å². The van der Waals surface area contributed by atoms with Gasteiger partial charge in [0.25, 0.3) is 0 Å². The summed E-state index contributed by atoms with van der Waals surface area (Å²) in [5, 5.41) is 5.29. The summed E-state index contributed by atoms with van der Waals surface area (Å²) >= 11 is 5.71. The van der Waals surface area contributed by atoms with Crippen LogP contribution < -0.4 is 10.6 Å². The van der Waals surface area contributed by atoms with Gasteiger partial charge in [-0.1, -0.05) is 11.6 Å². The number of nitrogens with zero attached hydrogens (tertiary/aromatic N) is 1. The number of anilines is 1. The van der Waals surface area contributed by atoms with Crippen molar-refractivity contribution >= 4 is 35.4 Å². The van der Waals surface area contributed by atoms with E-state index in [1.54, 1.807) is 24.3 Å². The summed E-state index contributed by atoms with van der Waals surface area (Å²) in [6, 6.07) is 5.58. The molecule has 0 radical (unpaired) electrons. The lowest BCUT2D eigenvalue weighted by Crippen LogP contribution is -2.36. The van der Waals surface area contributed by atoms with Gasteiger partial charge in [-0.15, -0.1) is 4.99 Å². The summed E-state index contributed by atoms with van der Waals surface area (Å²) < 4.78 is 9.01. The molecule has 0 aliphatic carbocycles. The molecule has 7 nitrogen and oxygen atoms in total. The molecule has 0 bridgehead atoms. The van der Waals surface area contributed by atoms with E-state index in [-0.39, 0.29) is 6.02 Å². The van der Waals surface area contributed by atoms with Gasteiger partial charge in [0.1, 0.15) is 0 Å². The molecule has 0 fully saturated rings. The number of halogens is 1. The maximum atomic E-state index is 11.6. The van der Waals surface area contributed by atoms with Crippen molar-refractivity contribution in [3.8, 4) is 0 Å². The first-order valence-electron chi connectivity index (χ1n) is 5.09. The summed E-state index contributed by atoms with van der Waals surface area (Å²) in [7, 11) is 2.41. The lowest BCUT2D eigenvalue weighted by molar-refractivity contribution is 0.181. The zero-order valence-corrected chi connectivity index (χ0v) is 11.0. The van der Waals surface area contributed by atoms with Crippen molar-refractivity contribution in [3.05, 3.63) is 29.3 Å².